The van der Waals surface area contributed by atoms with E-state index in [1.54, 1.807) is 0 Å². The highest BCUT2D eigenvalue weighted by molar-refractivity contribution is 6.50. The molecule has 1 aliphatic rings. The number of amidine groups is 2. The van der Waals surface area contributed by atoms with Crippen LogP contribution in [0.3, 0.4) is 0 Å². The highest BCUT2D eigenvalue weighted by atomic mass is 16.2. The highest BCUT2D eigenvalue weighted by Crippen LogP contribution is 2.00. The molecule has 1 heterocycles. The van der Waals surface area contributed by atoms with Crippen molar-refractivity contribution in [3.05, 3.63) is 0 Å². The Balaban J connectivity index is 3.01. The first-order valence-electron chi connectivity index (χ1n) is 3.92. The molecule has 76 valence electrons. The van der Waals surface area contributed by atoms with Gasteiger partial charge in [0, 0.05) is 21.1 Å². The average molecular weight is 197 g/mol. The van der Waals surface area contributed by atoms with Gasteiger partial charge < -0.3 is 5.32 Å². The molecular weight excluding hydrogens is 186 g/mol. The third kappa shape index (κ3) is 1.70. The lowest BCUT2D eigenvalue weighted by molar-refractivity contribution is 0.234. The van der Waals surface area contributed by atoms with Gasteiger partial charge in [0.2, 0.25) is 0 Å². The molecule has 0 unspecified atom stereocenters. The maximum atomic E-state index is 11.1. The van der Waals surface area contributed by atoms with Crippen molar-refractivity contribution in [1.29, 1.82) is 0 Å². The first-order chi connectivity index (χ1) is 6.60. The predicted octanol–water partition coefficient (Wildman–Crippen LogP) is -0.592. The predicted molar refractivity (Wildman–Crippen MR) is 51.5 cm³/mol. The van der Waals surface area contributed by atoms with Gasteiger partial charge in [0.05, 0.1) is 0 Å². The van der Waals surface area contributed by atoms with Crippen LogP contribution in [-0.4, -0.2) is 49.8 Å². The summed E-state index contributed by atoms with van der Waals surface area (Å²) in [6.07, 6.45) is 0. The summed E-state index contributed by atoms with van der Waals surface area (Å²) in [6, 6.07) is -0.877. The van der Waals surface area contributed by atoms with Crippen LogP contribution < -0.4 is 10.6 Å². The Hall–Kier alpha value is -1.92. The minimum Gasteiger partial charge on any atom is -0.339 e. The monoisotopic (exact) mass is 197 g/mol. The van der Waals surface area contributed by atoms with Gasteiger partial charge in [-0.15, -0.1) is 0 Å². The smallest absolute Gasteiger partial charge is 0.339 e. The zero-order chi connectivity index (χ0) is 10.7. The number of nitrogens with zero attached hydrogens (tertiary/aromatic N) is 3. The second-order valence-electron chi connectivity index (χ2n) is 2.55. The van der Waals surface area contributed by atoms with Crippen LogP contribution in [0.1, 0.15) is 0 Å². The van der Waals surface area contributed by atoms with Crippen LogP contribution in [0, 0.1) is 0 Å². The molecule has 1 fully saturated rings. The minimum absolute atomic E-state index is 0.219. The molecule has 1 saturated heterocycles. The average Bonchev–Trinajstić information content (AvgIpc) is 2.45. The SMILES string of the molecule is CN=C1NC(=O)N(C)/C1=N/C(=O)NC. The van der Waals surface area contributed by atoms with Gasteiger partial charge in [-0.3, -0.25) is 15.2 Å². The zero-order valence-corrected chi connectivity index (χ0v) is 8.16. The van der Waals surface area contributed by atoms with Crippen LogP contribution >= 0.6 is 0 Å². The Morgan fingerprint density at radius 2 is 2.21 bits per heavy atom. The molecule has 0 aromatic heterocycles. The summed E-state index contributed by atoms with van der Waals surface area (Å²) in [5, 5.41) is 4.78. The van der Waals surface area contributed by atoms with E-state index in [-0.39, 0.29) is 11.9 Å². The number of aliphatic imine (C=N–C) groups is 2. The quantitative estimate of drug-likeness (QED) is 0.543. The van der Waals surface area contributed by atoms with Crippen molar-refractivity contribution in [3.63, 3.8) is 0 Å². The first kappa shape index (κ1) is 10.2. The van der Waals surface area contributed by atoms with Gasteiger partial charge >= 0.3 is 12.1 Å². The lowest BCUT2D eigenvalue weighted by Crippen LogP contribution is -2.28. The fourth-order valence-electron chi connectivity index (χ4n) is 0.932. The van der Waals surface area contributed by atoms with Crippen molar-refractivity contribution in [2.24, 2.45) is 9.98 Å². The Morgan fingerprint density at radius 1 is 1.57 bits per heavy atom. The maximum Gasteiger partial charge on any atom is 0.342 e. The van der Waals surface area contributed by atoms with Crippen LogP contribution in [0.15, 0.2) is 9.98 Å². The van der Waals surface area contributed by atoms with Crippen molar-refractivity contribution in [3.8, 4) is 0 Å². The van der Waals surface area contributed by atoms with Gasteiger partial charge in [0.1, 0.15) is 0 Å². The van der Waals surface area contributed by atoms with E-state index in [2.05, 4.69) is 20.6 Å². The van der Waals surface area contributed by atoms with Crippen molar-refractivity contribution >= 4 is 23.7 Å². The third-order valence-electron chi connectivity index (χ3n) is 1.70. The summed E-state index contributed by atoms with van der Waals surface area (Å²) < 4.78 is 0. The summed E-state index contributed by atoms with van der Waals surface area (Å²) in [4.78, 5) is 30.8. The number of nitrogens with one attached hydrogen (secondary N) is 2. The van der Waals surface area contributed by atoms with Gasteiger partial charge in [-0.2, -0.15) is 4.99 Å². The van der Waals surface area contributed by atoms with Gasteiger partial charge in [-0.1, -0.05) is 0 Å². The van der Waals surface area contributed by atoms with Gasteiger partial charge in [-0.05, 0) is 0 Å². The number of urea groups is 2. The molecule has 0 radical (unpaired) electrons. The van der Waals surface area contributed by atoms with E-state index < -0.39 is 6.03 Å². The Labute approximate surface area is 80.9 Å². The molecule has 0 spiro atoms. The normalized spacial score (nSPS) is 21.6. The Kier molecular flexibility index (Phi) is 2.80. The van der Waals surface area contributed by atoms with Crippen LogP contribution in [0.25, 0.3) is 0 Å². The summed E-state index contributed by atoms with van der Waals surface area (Å²) >= 11 is 0. The van der Waals surface area contributed by atoms with Crippen LogP contribution in [0.2, 0.25) is 0 Å². The molecular formula is C7H11N5O2. The number of likely N-dealkylation sites (N-methyl/N-ethyl adjacent to an activating group) is 1. The number of carbonyl (C=O) groups is 2. The molecule has 7 nitrogen and oxygen atoms in total. The first-order valence-corrected chi connectivity index (χ1v) is 3.92. The molecule has 0 aliphatic carbocycles. The summed E-state index contributed by atoms with van der Waals surface area (Å²) in [5.74, 6) is 0.512. The van der Waals surface area contributed by atoms with E-state index in [0.29, 0.717) is 5.84 Å². The largest absolute Gasteiger partial charge is 0.342 e. The van der Waals surface area contributed by atoms with E-state index in [1.165, 1.54) is 26.0 Å². The summed E-state index contributed by atoms with van der Waals surface area (Å²) in [6.45, 7) is 0. The van der Waals surface area contributed by atoms with Crippen LogP contribution in [0.4, 0.5) is 9.59 Å². The molecule has 14 heavy (non-hydrogen) atoms. The molecule has 4 amide bonds. The standard InChI is InChI=1S/C7H11N5O2/c1-8-4-5(11-6(13)9-2)12(3)7(14)10-4/h1-3H3,(H,9,13)(H,8,10,14)/b11-5+. The van der Waals surface area contributed by atoms with Crippen molar-refractivity contribution in [1.82, 2.24) is 15.5 Å². The molecule has 0 bridgehead atoms. The Morgan fingerprint density at radius 3 is 2.71 bits per heavy atom. The molecule has 1 rings (SSSR count). The van der Waals surface area contributed by atoms with E-state index in [9.17, 15) is 9.59 Å². The summed E-state index contributed by atoms with van der Waals surface area (Å²) in [5.41, 5.74) is 0. The molecule has 0 aromatic carbocycles. The lowest BCUT2D eigenvalue weighted by Gasteiger charge is -2.05. The van der Waals surface area contributed by atoms with Crippen LogP contribution in [0.5, 0.6) is 0 Å². The molecule has 0 aromatic rings. The molecule has 7 heteroatoms. The fraction of sp³-hybridized carbons (Fsp3) is 0.429. The van der Waals surface area contributed by atoms with E-state index in [1.807, 2.05) is 0 Å². The lowest BCUT2D eigenvalue weighted by atomic mass is 10.5. The molecule has 0 saturated carbocycles. The molecule has 0 atom stereocenters. The third-order valence-corrected chi connectivity index (χ3v) is 1.70. The van der Waals surface area contributed by atoms with Gasteiger partial charge in [0.25, 0.3) is 0 Å². The van der Waals surface area contributed by atoms with Crippen molar-refractivity contribution in [2.75, 3.05) is 21.1 Å². The topological polar surface area (TPSA) is 86.2 Å². The number of amides is 4. The zero-order valence-electron chi connectivity index (χ0n) is 8.16. The van der Waals surface area contributed by atoms with E-state index >= 15 is 0 Å². The number of carbonyl (C=O) groups excluding carboxylic acids is 2. The molecule has 2 N–H and O–H groups in total. The molecule has 1 aliphatic heterocycles. The number of hydrogen-bond donors (Lipinski definition) is 2. The van der Waals surface area contributed by atoms with Gasteiger partial charge in [-0.25, -0.2) is 9.59 Å². The van der Waals surface area contributed by atoms with E-state index in [0.717, 1.165) is 0 Å². The van der Waals surface area contributed by atoms with Crippen LogP contribution in [-0.2, 0) is 0 Å². The second kappa shape index (κ2) is 3.86. The van der Waals surface area contributed by atoms with Gasteiger partial charge in [0.15, 0.2) is 11.7 Å². The fourth-order valence-corrected chi connectivity index (χ4v) is 0.932. The maximum absolute atomic E-state index is 11.1. The minimum atomic E-state index is -0.524. The summed E-state index contributed by atoms with van der Waals surface area (Å²) in [7, 11) is 4.47. The van der Waals surface area contributed by atoms with Crippen molar-refractivity contribution < 1.29 is 9.59 Å². The van der Waals surface area contributed by atoms with E-state index in [4.69, 9.17) is 0 Å². The van der Waals surface area contributed by atoms with Crippen molar-refractivity contribution in [2.45, 2.75) is 0 Å². The Bertz CT molecular complexity index is 333. The number of hydrogen-bond acceptors (Lipinski definition) is 3. The number of rotatable bonds is 0. The highest BCUT2D eigenvalue weighted by Gasteiger charge is 2.29. The second-order valence-corrected chi connectivity index (χ2v) is 2.55.